The Balaban J connectivity index is 1.85. The number of piperidine rings is 1. The average molecular weight is 338 g/mol. The molecule has 0 aromatic carbocycles. The average Bonchev–Trinajstić information content (AvgIpc) is 2.90. The Bertz CT molecular complexity index is 548. The van der Waals surface area contributed by atoms with E-state index in [-0.39, 0.29) is 18.0 Å². The van der Waals surface area contributed by atoms with E-state index in [0.717, 1.165) is 30.6 Å². The SMILES string of the molecule is CCCc1cc(C(=O)NC2CCN(C(=O)OCC)CC2)sc1C. The first-order valence-corrected chi connectivity index (χ1v) is 9.18. The number of rotatable bonds is 5. The van der Waals surface area contributed by atoms with E-state index in [0.29, 0.717) is 19.7 Å². The molecule has 2 amide bonds. The minimum Gasteiger partial charge on any atom is -0.450 e. The Morgan fingerprint density at radius 2 is 2.04 bits per heavy atom. The van der Waals surface area contributed by atoms with Crippen LogP contribution in [0.3, 0.4) is 0 Å². The molecule has 5 nitrogen and oxygen atoms in total. The number of thiophene rings is 1. The van der Waals surface area contributed by atoms with Crippen LogP contribution in [-0.4, -0.2) is 42.6 Å². The Kier molecular flexibility index (Phi) is 6.45. The molecule has 1 saturated heterocycles. The molecule has 1 aliphatic heterocycles. The summed E-state index contributed by atoms with van der Waals surface area (Å²) >= 11 is 1.57. The summed E-state index contributed by atoms with van der Waals surface area (Å²) in [5.74, 6) is 0.00929. The van der Waals surface area contributed by atoms with Crippen LogP contribution in [0.15, 0.2) is 6.07 Å². The van der Waals surface area contributed by atoms with Crippen LogP contribution in [0.5, 0.6) is 0 Å². The van der Waals surface area contributed by atoms with Gasteiger partial charge in [0.25, 0.3) is 5.91 Å². The molecule has 1 aromatic rings. The van der Waals surface area contributed by atoms with Gasteiger partial charge in [-0.3, -0.25) is 4.79 Å². The van der Waals surface area contributed by atoms with Crippen molar-refractivity contribution in [2.24, 2.45) is 0 Å². The molecule has 0 spiro atoms. The zero-order valence-electron chi connectivity index (χ0n) is 14.2. The third-order valence-corrected chi connectivity index (χ3v) is 5.21. The van der Waals surface area contributed by atoms with Gasteiger partial charge in [-0.15, -0.1) is 11.3 Å². The van der Waals surface area contributed by atoms with E-state index in [1.165, 1.54) is 10.4 Å². The normalized spacial score (nSPS) is 15.5. The van der Waals surface area contributed by atoms with Crippen LogP contribution in [0, 0.1) is 6.92 Å². The van der Waals surface area contributed by atoms with Gasteiger partial charge in [0.1, 0.15) is 0 Å². The number of nitrogens with one attached hydrogen (secondary N) is 1. The molecule has 23 heavy (non-hydrogen) atoms. The standard InChI is InChI=1S/C17H26N2O3S/c1-4-6-13-11-15(23-12(13)3)16(20)18-14-7-9-19(10-8-14)17(21)22-5-2/h11,14H,4-10H2,1-3H3,(H,18,20). The van der Waals surface area contributed by atoms with Gasteiger partial charge in [-0.1, -0.05) is 13.3 Å². The van der Waals surface area contributed by atoms with E-state index < -0.39 is 0 Å². The van der Waals surface area contributed by atoms with Crippen molar-refractivity contribution in [3.63, 3.8) is 0 Å². The number of carbonyl (C=O) groups excluding carboxylic acids is 2. The van der Waals surface area contributed by atoms with Gasteiger partial charge in [-0.05, 0) is 44.7 Å². The van der Waals surface area contributed by atoms with Crippen LogP contribution in [0.4, 0.5) is 4.79 Å². The minimum atomic E-state index is -0.254. The van der Waals surface area contributed by atoms with Gasteiger partial charge in [-0.2, -0.15) is 0 Å². The molecule has 0 aliphatic carbocycles. The zero-order valence-corrected chi connectivity index (χ0v) is 15.0. The number of hydrogen-bond donors (Lipinski definition) is 1. The third-order valence-electron chi connectivity index (χ3n) is 4.12. The monoisotopic (exact) mass is 338 g/mol. The Hall–Kier alpha value is -1.56. The molecular weight excluding hydrogens is 312 g/mol. The first-order chi connectivity index (χ1) is 11.0. The molecular formula is C17H26N2O3S. The lowest BCUT2D eigenvalue weighted by Gasteiger charge is -2.31. The predicted molar refractivity (Wildman–Crippen MR) is 92.1 cm³/mol. The third kappa shape index (κ3) is 4.70. The summed E-state index contributed by atoms with van der Waals surface area (Å²) in [5.41, 5.74) is 1.28. The van der Waals surface area contributed by atoms with Crippen LogP contribution in [0.2, 0.25) is 0 Å². The Morgan fingerprint density at radius 1 is 1.35 bits per heavy atom. The van der Waals surface area contributed by atoms with Gasteiger partial charge in [0, 0.05) is 24.0 Å². The maximum absolute atomic E-state index is 12.4. The second-order valence-corrected chi connectivity index (χ2v) is 7.13. The van der Waals surface area contributed by atoms with Crippen LogP contribution < -0.4 is 5.32 Å². The molecule has 0 unspecified atom stereocenters. The maximum atomic E-state index is 12.4. The first-order valence-electron chi connectivity index (χ1n) is 8.37. The lowest BCUT2D eigenvalue weighted by atomic mass is 10.1. The molecule has 1 N–H and O–H groups in total. The van der Waals surface area contributed by atoms with Crippen LogP contribution in [0.1, 0.15) is 53.2 Å². The summed E-state index contributed by atoms with van der Waals surface area (Å²) in [6.45, 7) is 7.69. The fraction of sp³-hybridized carbons (Fsp3) is 0.647. The largest absolute Gasteiger partial charge is 0.450 e. The molecule has 0 bridgehead atoms. The Labute approximate surface area is 142 Å². The van der Waals surface area contributed by atoms with Crippen molar-refractivity contribution in [1.29, 1.82) is 0 Å². The smallest absolute Gasteiger partial charge is 0.409 e. The molecule has 0 saturated carbocycles. The predicted octanol–water partition coefficient (Wildman–Crippen LogP) is 3.36. The van der Waals surface area contributed by atoms with Crippen LogP contribution >= 0.6 is 11.3 Å². The van der Waals surface area contributed by atoms with E-state index >= 15 is 0 Å². The number of carbonyl (C=O) groups is 2. The van der Waals surface area contributed by atoms with Crippen molar-refractivity contribution in [3.05, 3.63) is 21.4 Å². The summed E-state index contributed by atoms with van der Waals surface area (Å²) in [4.78, 5) is 27.8. The van der Waals surface area contributed by atoms with E-state index in [2.05, 4.69) is 19.2 Å². The lowest BCUT2D eigenvalue weighted by Crippen LogP contribution is -2.46. The van der Waals surface area contributed by atoms with Crippen molar-refractivity contribution < 1.29 is 14.3 Å². The Morgan fingerprint density at radius 3 is 2.65 bits per heavy atom. The number of likely N-dealkylation sites (tertiary alicyclic amines) is 1. The molecule has 0 radical (unpaired) electrons. The van der Waals surface area contributed by atoms with Gasteiger partial charge in [0.05, 0.1) is 11.5 Å². The summed E-state index contributed by atoms with van der Waals surface area (Å²) in [6, 6.07) is 2.15. The van der Waals surface area contributed by atoms with Gasteiger partial charge in [-0.25, -0.2) is 4.79 Å². The number of nitrogens with zero attached hydrogens (tertiary/aromatic N) is 1. The molecule has 0 atom stereocenters. The highest BCUT2D eigenvalue weighted by atomic mass is 32.1. The molecule has 2 rings (SSSR count). The van der Waals surface area contributed by atoms with E-state index in [1.54, 1.807) is 23.2 Å². The highest BCUT2D eigenvalue weighted by molar-refractivity contribution is 7.14. The number of ether oxygens (including phenoxy) is 1. The molecule has 1 aromatic heterocycles. The highest BCUT2D eigenvalue weighted by Gasteiger charge is 2.25. The quantitative estimate of drug-likeness (QED) is 0.895. The fourth-order valence-corrected chi connectivity index (χ4v) is 3.80. The zero-order chi connectivity index (χ0) is 16.8. The number of aryl methyl sites for hydroxylation is 2. The minimum absolute atomic E-state index is 0.00929. The first kappa shape index (κ1) is 17.8. The molecule has 1 aliphatic rings. The van der Waals surface area contributed by atoms with Gasteiger partial charge >= 0.3 is 6.09 Å². The summed E-state index contributed by atoms with van der Waals surface area (Å²) in [5, 5.41) is 3.10. The maximum Gasteiger partial charge on any atom is 0.409 e. The van der Waals surface area contributed by atoms with Crippen molar-refractivity contribution in [3.8, 4) is 0 Å². The van der Waals surface area contributed by atoms with E-state index in [4.69, 9.17) is 4.74 Å². The van der Waals surface area contributed by atoms with Gasteiger partial charge < -0.3 is 15.0 Å². The highest BCUT2D eigenvalue weighted by Crippen LogP contribution is 2.23. The molecule has 6 heteroatoms. The van der Waals surface area contributed by atoms with Crippen LogP contribution in [0.25, 0.3) is 0 Å². The second-order valence-electron chi connectivity index (χ2n) is 5.88. The van der Waals surface area contributed by atoms with E-state index in [1.807, 2.05) is 6.07 Å². The fourth-order valence-electron chi connectivity index (χ4n) is 2.83. The molecule has 2 heterocycles. The summed E-state index contributed by atoms with van der Waals surface area (Å²) in [6.07, 6.45) is 3.40. The number of hydrogen-bond acceptors (Lipinski definition) is 4. The van der Waals surface area contributed by atoms with Crippen molar-refractivity contribution in [2.45, 2.75) is 52.5 Å². The topological polar surface area (TPSA) is 58.6 Å². The second kappa shape index (κ2) is 8.34. The van der Waals surface area contributed by atoms with E-state index in [9.17, 15) is 9.59 Å². The molecule has 1 fully saturated rings. The van der Waals surface area contributed by atoms with Crippen LogP contribution in [-0.2, 0) is 11.2 Å². The van der Waals surface area contributed by atoms with Gasteiger partial charge in [0.2, 0.25) is 0 Å². The van der Waals surface area contributed by atoms with Gasteiger partial charge in [0.15, 0.2) is 0 Å². The van der Waals surface area contributed by atoms with Crippen molar-refractivity contribution in [1.82, 2.24) is 10.2 Å². The summed E-state index contributed by atoms with van der Waals surface area (Å²) < 4.78 is 5.01. The summed E-state index contributed by atoms with van der Waals surface area (Å²) in [7, 11) is 0. The molecule has 128 valence electrons. The lowest BCUT2D eigenvalue weighted by molar-refractivity contribution is 0.0862. The van der Waals surface area contributed by atoms with Crippen molar-refractivity contribution in [2.75, 3.05) is 19.7 Å². The van der Waals surface area contributed by atoms with Crippen molar-refractivity contribution >= 4 is 23.3 Å². The number of amides is 2.